The van der Waals surface area contributed by atoms with E-state index in [9.17, 15) is 18.0 Å². The molecule has 0 atom stereocenters. The summed E-state index contributed by atoms with van der Waals surface area (Å²) in [6, 6.07) is 11.7. The zero-order valence-corrected chi connectivity index (χ0v) is 16.0. The molecule has 0 saturated carbocycles. The minimum absolute atomic E-state index is 0.152. The fraction of sp³-hybridized carbons (Fsp3) is 0.263. The van der Waals surface area contributed by atoms with Crippen LogP contribution in [0.15, 0.2) is 42.5 Å². The molecule has 1 heterocycles. The fourth-order valence-electron chi connectivity index (χ4n) is 2.94. The monoisotopic (exact) mass is 387 g/mol. The summed E-state index contributed by atoms with van der Waals surface area (Å²) in [7, 11) is -3.24. The summed E-state index contributed by atoms with van der Waals surface area (Å²) < 4.78 is 25.3. The number of anilines is 3. The van der Waals surface area contributed by atoms with Gasteiger partial charge in [0.05, 0.1) is 11.4 Å². The van der Waals surface area contributed by atoms with Crippen LogP contribution in [0.1, 0.15) is 29.3 Å². The van der Waals surface area contributed by atoms with Crippen molar-refractivity contribution in [3.63, 3.8) is 0 Å². The molecule has 0 aliphatic carbocycles. The summed E-state index contributed by atoms with van der Waals surface area (Å²) in [5, 5.41) is 5.50. The fourth-order valence-corrected chi connectivity index (χ4v) is 4.50. The van der Waals surface area contributed by atoms with Gasteiger partial charge in [0.25, 0.3) is 5.91 Å². The van der Waals surface area contributed by atoms with Gasteiger partial charge in [-0.1, -0.05) is 6.07 Å². The summed E-state index contributed by atoms with van der Waals surface area (Å²) in [6.45, 7) is 3.75. The summed E-state index contributed by atoms with van der Waals surface area (Å²) in [6.07, 6.45) is 0.606. The predicted molar refractivity (Wildman–Crippen MR) is 106 cm³/mol. The Kier molecular flexibility index (Phi) is 5.18. The topological polar surface area (TPSA) is 95.6 Å². The molecule has 0 unspecified atom stereocenters. The van der Waals surface area contributed by atoms with Crippen molar-refractivity contribution < 1.29 is 18.0 Å². The van der Waals surface area contributed by atoms with E-state index < -0.39 is 10.0 Å². The highest BCUT2D eigenvalue weighted by molar-refractivity contribution is 7.93. The number of amides is 2. The maximum absolute atomic E-state index is 12.5. The van der Waals surface area contributed by atoms with Crippen molar-refractivity contribution in [3.05, 3.63) is 53.6 Å². The van der Waals surface area contributed by atoms with Crippen LogP contribution < -0.4 is 14.9 Å². The summed E-state index contributed by atoms with van der Waals surface area (Å²) in [5.41, 5.74) is 3.05. The third-order valence-electron chi connectivity index (χ3n) is 4.32. The Balaban J connectivity index is 1.74. The van der Waals surface area contributed by atoms with Crippen LogP contribution in [0.4, 0.5) is 17.1 Å². The standard InChI is InChI=1S/C19H21N3O4S/c1-13-4-7-16(12-18(13)20-14(2)23)21-19(24)15-5-8-17(9-6-15)22-10-3-11-27(22,25)26/h4-9,12H,3,10-11H2,1-2H3,(H,20,23)(H,21,24). The van der Waals surface area contributed by atoms with Crippen LogP contribution in [0, 0.1) is 6.92 Å². The molecule has 142 valence electrons. The van der Waals surface area contributed by atoms with Gasteiger partial charge >= 0.3 is 0 Å². The summed E-state index contributed by atoms with van der Waals surface area (Å²) in [5.74, 6) is -0.350. The third kappa shape index (κ3) is 4.28. The number of hydrogen-bond acceptors (Lipinski definition) is 4. The van der Waals surface area contributed by atoms with Gasteiger partial charge in [0.1, 0.15) is 0 Å². The van der Waals surface area contributed by atoms with E-state index in [0.717, 1.165) is 5.56 Å². The summed E-state index contributed by atoms with van der Waals surface area (Å²) in [4.78, 5) is 23.7. The quantitative estimate of drug-likeness (QED) is 0.843. The molecular weight excluding hydrogens is 366 g/mol. The molecule has 0 bridgehead atoms. The Morgan fingerprint density at radius 1 is 1.04 bits per heavy atom. The van der Waals surface area contributed by atoms with E-state index in [2.05, 4.69) is 10.6 Å². The van der Waals surface area contributed by atoms with Crippen LogP contribution in [0.2, 0.25) is 0 Å². The van der Waals surface area contributed by atoms with E-state index in [4.69, 9.17) is 0 Å². The normalized spacial score (nSPS) is 15.4. The lowest BCUT2D eigenvalue weighted by atomic mass is 10.1. The lowest BCUT2D eigenvalue weighted by Gasteiger charge is -2.17. The van der Waals surface area contributed by atoms with Gasteiger partial charge in [-0.15, -0.1) is 0 Å². The number of sulfonamides is 1. The van der Waals surface area contributed by atoms with Gasteiger partial charge < -0.3 is 10.6 Å². The van der Waals surface area contributed by atoms with E-state index in [0.29, 0.717) is 35.6 Å². The van der Waals surface area contributed by atoms with Gasteiger partial charge in [-0.2, -0.15) is 0 Å². The van der Waals surface area contributed by atoms with Crippen LogP contribution >= 0.6 is 0 Å². The first kappa shape index (κ1) is 18.9. The van der Waals surface area contributed by atoms with E-state index >= 15 is 0 Å². The Labute approximate surface area is 158 Å². The molecule has 1 saturated heterocycles. The van der Waals surface area contributed by atoms with Gasteiger partial charge in [-0.3, -0.25) is 13.9 Å². The van der Waals surface area contributed by atoms with E-state index in [1.807, 2.05) is 13.0 Å². The van der Waals surface area contributed by atoms with Crippen molar-refractivity contribution in [1.29, 1.82) is 0 Å². The van der Waals surface area contributed by atoms with Gasteiger partial charge in [0, 0.05) is 30.4 Å². The number of benzene rings is 2. The lowest BCUT2D eigenvalue weighted by molar-refractivity contribution is -0.114. The molecule has 2 aromatic carbocycles. The van der Waals surface area contributed by atoms with Crippen LogP contribution in [-0.2, 0) is 14.8 Å². The number of hydrogen-bond donors (Lipinski definition) is 2. The van der Waals surface area contributed by atoms with E-state index in [1.54, 1.807) is 36.4 Å². The Morgan fingerprint density at radius 2 is 1.74 bits per heavy atom. The number of rotatable bonds is 4. The van der Waals surface area contributed by atoms with Gasteiger partial charge in [-0.05, 0) is 55.3 Å². The molecule has 2 aromatic rings. The van der Waals surface area contributed by atoms with E-state index in [-0.39, 0.29) is 17.6 Å². The molecule has 7 nitrogen and oxygen atoms in total. The van der Waals surface area contributed by atoms with Crippen molar-refractivity contribution in [3.8, 4) is 0 Å². The van der Waals surface area contributed by atoms with Crippen molar-refractivity contribution in [1.82, 2.24) is 0 Å². The number of nitrogens with zero attached hydrogens (tertiary/aromatic N) is 1. The molecule has 0 aromatic heterocycles. The van der Waals surface area contributed by atoms with Gasteiger partial charge in [-0.25, -0.2) is 8.42 Å². The maximum atomic E-state index is 12.5. The molecule has 2 amide bonds. The number of carbonyl (C=O) groups is 2. The highest BCUT2D eigenvalue weighted by Crippen LogP contribution is 2.25. The van der Waals surface area contributed by atoms with Crippen LogP contribution in [-0.4, -0.2) is 32.5 Å². The molecule has 0 radical (unpaired) electrons. The molecule has 0 spiro atoms. The number of aryl methyl sites for hydroxylation is 1. The first-order chi connectivity index (χ1) is 12.8. The second-order valence-corrected chi connectivity index (χ2v) is 8.47. The predicted octanol–water partition coefficient (Wildman–Crippen LogP) is 2.75. The molecule has 1 aliphatic rings. The first-order valence-corrected chi connectivity index (χ1v) is 10.2. The minimum atomic E-state index is -3.24. The van der Waals surface area contributed by atoms with Crippen LogP contribution in [0.3, 0.4) is 0 Å². The van der Waals surface area contributed by atoms with Gasteiger partial charge in [0.15, 0.2) is 0 Å². The van der Waals surface area contributed by atoms with Crippen molar-refractivity contribution in [2.75, 3.05) is 27.2 Å². The molecule has 2 N–H and O–H groups in total. The summed E-state index contributed by atoms with van der Waals surface area (Å²) >= 11 is 0. The smallest absolute Gasteiger partial charge is 0.255 e. The van der Waals surface area contributed by atoms with Crippen molar-refractivity contribution in [2.24, 2.45) is 0 Å². The van der Waals surface area contributed by atoms with Crippen molar-refractivity contribution >= 4 is 38.9 Å². The van der Waals surface area contributed by atoms with Crippen molar-refractivity contribution in [2.45, 2.75) is 20.3 Å². The van der Waals surface area contributed by atoms with Gasteiger partial charge in [0.2, 0.25) is 15.9 Å². The lowest BCUT2D eigenvalue weighted by Crippen LogP contribution is -2.25. The van der Waals surface area contributed by atoms with Crippen LogP contribution in [0.5, 0.6) is 0 Å². The highest BCUT2D eigenvalue weighted by atomic mass is 32.2. The Morgan fingerprint density at radius 3 is 2.33 bits per heavy atom. The second-order valence-electron chi connectivity index (χ2n) is 6.45. The number of nitrogens with one attached hydrogen (secondary N) is 2. The average Bonchev–Trinajstić information content (AvgIpc) is 2.96. The average molecular weight is 387 g/mol. The Hall–Kier alpha value is -2.87. The van der Waals surface area contributed by atoms with Crippen LogP contribution in [0.25, 0.3) is 0 Å². The highest BCUT2D eigenvalue weighted by Gasteiger charge is 2.28. The second kappa shape index (κ2) is 7.40. The SMILES string of the molecule is CC(=O)Nc1cc(NC(=O)c2ccc(N3CCCS3(=O)=O)cc2)ccc1C. The zero-order chi connectivity index (χ0) is 19.6. The molecule has 27 heavy (non-hydrogen) atoms. The molecule has 8 heteroatoms. The first-order valence-electron chi connectivity index (χ1n) is 8.56. The molecular formula is C19H21N3O4S. The molecule has 1 fully saturated rings. The Bertz CT molecular complexity index is 985. The zero-order valence-electron chi connectivity index (χ0n) is 15.2. The largest absolute Gasteiger partial charge is 0.326 e. The molecule has 3 rings (SSSR count). The minimum Gasteiger partial charge on any atom is -0.326 e. The third-order valence-corrected chi connectivity index (χ3v) is 6.19. The maximum Gasteiger partial charge on any atom is 0.255 e. The van der Waals surface area contributed by atoms with E-state index in [1.165, 1.54) is 11.2 Å². The number of carbonyl (C=O) groups excluding carboxylic acids is 2. The molecule has 1 aliphatic heterocycles.